The Balaban J connectivity index is 2.14. The van der Waals surface area contributed by atoms with Crippen molar-refractivity contribution in [2.75, 3.05) is 6.54 Å². The topological polar surface area (TPSA) is 76.0 Å². The molecule has 0 saturated carbocycles. The minimum atomic E-state index is -0.553. The number of amides is 2. The maximum atomic E-state index is 12.4. The van der Waals surface area contributed by atoms with E-state index in [0.717, 1.165) is 28.9 Å². The minimum absolute atomic E-state index is 0.159. The van der Waals surface area contributed by atoms with Crippen LogP contribution in [0.25, 0.3) is 10.2 Å². The molecule has 24 heavy (non-hydrogen) atoms. The Morgan fingerprint density at radius 3 is 2.67 bits per heavy atom. The van der Waals surface area contributed by atoms with Crippen LogP contribution in [-0.4, -0.2) is 34.2 Å². The number of aryl methyl sites for hydroxylation is 1. The fourth-order valence-corrected chi connectivity index (χ4v) is 3.50. The molecule has 0 aliphatic rings. The zero-order valence-corrected chi connectivity index (χ0v) is 15.8. The molecule has 7 heteroatoms. The number of carbonyl (C=O) groups is 2. The molecule has 2 heterocycles. The zero-order valence-electron chi connectivity index (χ0n) is 15.0. The molecule has 0 saturated heterocycles. The van der Waals surface area contributed by atoms with Gasteiger partial charge in [0.2, 0.25) is 5.91 Å². The number of hydrogen-bond donors (Lipinski definition) is 2. The van der Waals surface area contributed by atoms with Crippen molar-refractivity contribution in [3.8, 4) is 0 Å². The molecule has 0 aliphatic heterocycles. The van der Waals surface area contributed by atoms with Crippen molar-refractivity contribution >= 4 is 33.4 Å². The lowest BCUT2D eigenvalue weighted by molar-refractivity contribution is -0.122. The molecule has 1 unspecified atom stereocenters. The van der Waals surface area contributed by atoms with Crippen molar-refractivity contribution < 1.29 is 9.59 Å². The highest BCUT2D eigenvalue weighted by Gasteiger charge is 2.20. The van der Waals surface area contributed by atoms with E-state index in [9.17, 15) is 9.59 Å². The highest BCUT2D eigenvalue weighted by atomic mass is 32.1. The molecule has 2 aromatic rings. The second-order valence-corrected chi connectivity index (χ2v) is 7.51. The zero-order chi connectivity index (χ0) is 17.9. The maximum absolute atomic E-state index is 12.4. The van der Waals surface area contributed by atoms with Crippen LogP contribution >= 0.6 is 11.3 Å². The number of thiophene rings is 1. The van der Waals surface area contributed by atoms with Crippen molar-refractivity contribution in [2.45, 2.75) is 53.6 Å². The molecule has 2 N–H and O–H groups in total. The summed E-state index contributed by atoms with van der Waals surface area (Å²) < 4.78 is 1.97. The summed E-state index contributed by atoms with van der Waals surface area (Å²) in [5.74, 6) is 0.105. The Morgan fingerprint density at radius 2 is 2.04 bits per heavy atom. The largest absolute Gasteiger partial charge is 0.354 e. The van der Waals surface area contributed by atoms with Gasteiger partial charge in [-0.1, -0.05) is 20.8 Å². The number of rotatable bonds is 7. The van der Waals surface area contributed by atoms with Crippen LogP contribution in [-0.2, 0) is 11.3 Å². The van der Waals surface area contributed by atoms with Gasteiger partial charge in [-0.3, -0.25) is 14.3 Å². The van der Waals surface area contributed by atoms with Crippen molar-refractivity contribution in [1.29, 1.82) is 0 Å². The van der Waals surface area contributed by atoms with Gasteiger partial charge in [0.05, 0.1) is 10.6 Å². The molecule has 2 aromatic heterocycles. The predicted molar refractivity (Wildman–Crippen MR) is 97.4 cm³/mol. The molecular formula is C17H26N4O2S. The quantitative estimate of drug-likeness (QED) is 0.806. The molecular weight excluding hydrogens is 324 g/mol. The number of fused-ring (bicyclic) bond motifs is 1. The lowest BCUT2D eigenvalue weighted by Crippen LogP contribution is -2.44. The molecule has 0 spiro atoms. The number of hydrogen-bond acceptors (Lipinski definition) is 4. The van der Waals surface area contributed by atoms with E-state index in [1.54, 1.807) is 6.92 Å². The minimum Gasteiger partial charge on any atom is -0.354 e. The van der Waals surface area contributed by atoms with E-state index >= 15 is 0 Å². The van der Waals surface area contributed by atoms with Crippen molar-refractivity contribution in [1.82, 2.24) is 20.4 Å². The smallest absolute Gasteiger partial charge is 0.262 e. The third-order valence-electron chi connectivity index (χ3n) is 3.66. The lowest BCUT2D eigenvalue weighted by Gasteiger charge is -2.13. The fourth-order valence-electron chi connectivity index (χ4n) is 2.43. The molecule has 6 nitrogen and oxygen atoms in total. The molecule has 2 amide bonds. The van der Waals surface area contributed by atoms with Gasteiger partial charge in [-0.25, -0.2) is 0 Å². The van der Waals surface area contributed by atoms with E-state index in [-0.39, 0.29) is 11.8 Å². The van der Waals surface area contributed by atoms with Crippen LogP contribution < -0.4 is 10.6 Å². The molecule has 1 atom stereocenters. The number of carbonyl (C=O) groups excluding carboxylic acids is 2. The average molecular weight is 350 g/mol. The Bertz CT molecular complexity index is 732. The fraction of sp³-hybridized carbons (Fsp3) is 0.588. The molecule has 0 radical (unpaired) electrons. The maximum Gasteiger partial charge on any atom is 0.262 e. The molecule has 0 aliphatic carbocycles. The Hall–Kier alpha value is -1.89. The van der Waals surface area contributed by atoms with Crippen LogP contribution in [0.2, 0.25) is 0 Å². The van der Waals surface area contributed by atoms with E-state index in [4.69, 9.17) is 0 Å². The third kappa shape index (κ3) is 4.14. The summed E-state index contributed by atoms with van der Waals surface area (Å²) in [7, 11) is 0. The number of nitrogens with one attached hydrogen (secondary N) is 2. The van der Waals surface area contributed by atoms with Gasteiger partial charge >= 0.3 is 0 Å². The average Bonchev–Trinajstić information content (AvgIpc) is 3.06. The summed E-state index contributed by atoms with van der Waals surface area (Å²) in [4.78, 5) is 25.9. The Labute approximate surface area is 146 Å². The number of nitrogens with zero attached hydrogens (tertiary/aromatic N) is 2. The van der Waals surface area contributed by atoms with Crippen LogP contribution in [0, 0.1) is 12.8 Å². The summed E-state index contributed by atoms with van der Waals surface area (Å²) >= 11 is 1.42. The third-order valence-corrected chi connectivity index (χ3v) is 4.81. The van der Waals surface area contributed by atoms with Crippen LogP contribution in [0.5, 0.6) is 0 Å². The molecule has 0 bridgehead atoms. The summed E-state index contributed by atoms with van der Waals surface area (Å²) in [5.41, 5.74) is 0.926. The van der Waals surface area contributed by atoms with Gasteiger partial charge in [0, 0.05) is 18.5 Å². The Morgan fingerprint density at radius 1 is 1.33 bits per heavy atom. The normalized spacial score (nSPS) is 12.6. The highest BCUT2D eigenvalue weighted by molar-refractivity contribution is 7.20. The van der Waals surface area contributed by atoms with Crippen molar-refractivity contribution in [3.05, 3.63) is 16.6 Å². The van der Waals surface area contributed by atoms with Gasteiger partial charge < -0.3 is 10.6 Å². The van der Waals surface area contributed by atoms with E-state index < -0.39 is 6.04 Å². The summed E-state index contributed by atoms with van der Waals surface area (Å²) in [6, 6.07) is 1.31. The van der Waals surface area contributed by atoms with Gasteiger partial charge in [-0.15, -0.1) is 11.3 Å². The van der Waals surface area contributed by atoms with Gasteiger partial charge in [0.15, 0.2) is 0 Å². The number of aromatic nitrogens is 2. The monoisotopic (exact) mass is 350 g/mol. The van der Waals surface area contributed by atoms with Crippen molar-refractivity contribution in [3.63, 3.8) is 0 Å². The van der Waals surface area contributed by atoms with Crippen LogP contribution in [0.1, 0.15) is 49.5 Å². The van der Waals surface area contributed by atoms with E-state index in [2.05, 4.69) is 29.6 Å². The molecule has 0 aromatic carbocycles. The standard InChI is InChI=1S/C17H26N4O2S/c1-6-7-18-15(22)12(5)19-16(23)14-8-13-11(4)20-21(9-10(2)3)17(13)24-14/h8,10,12H,6-7,9H2,1-5H3,(H,18,22)(H,19,23). The van der Waals surface area contributed by atoms with Crippen molar-refractivity contribution in [2.24, 2.45) is 5.92 Å². The second-order valence-electron chi connectivity index (χ2n) is 6.48. The van der Waals surface area contributed by atoms with E-state index in [1.165, 1.54) is 11.3 Å². The SMILES string of the molecule is CCCNC(=O)C(C)NC(=O)c1cc2c(C)nn(CC(C)C)c2s1. The van der Waals surface area contributed by atoms with Gasteiger partial charge in [0.25, 0.3) is 5.91 Å². The van der Waals surface area contributed by atoms with E-state index in [0.29, 0.717) is 17.3 Å². The second kappa shape index (κ2) is 7.79. The first-order valence-electron chi connectivity index (χ1n) is 8.39. The summed E-state index contributed by atoms with van der Waals surface area (Å²) in [6.45, 7) is 11.4. The van der Waals surface area contributed by atoms with Gasteiger partial charge in [-0.2, -0.15) is 5.10 Å². The Kier molecular flexibility index (Phi) is 5.99. The molecule has 2 rings (SSSR count). The van der Waals surface area contributed by atoms with Crippen LogP contribution in [0.4, 0.5) is 0 Å². The highest BCUT2D eigenvalue weighted by Crippen LogP contribution is 2.28. The summed E-state index contributed by atoms with van der Waals surface area (Å²) in [6.07, 6.45) is 0.869. The summed E-state index contributed by atoms with van der Waals surface area (Å²) in [5, 5.41) is 11.1. The molecule has 132 valence electrons. The lowest BCUT2D eigenvalue weighted by atomic mass is 10.2. The predicted octanol–water partition coefficient (Wildman–Crippen LogP) is 2.71. The first-order chi connectivity index (χ1) is 11.3. The first-order valence-corrected chi connectivity index (χ1v) is 9.20. The van der Waals surface area contributed by atoms with Crippen LogP contribution in [0.15, 0.2) is 6.07 Å². The van der Waals surface area contributed by atoms with Gasteiger partial charge in [0.1, 0.15) is 10.9 Å². The first kappa shape index (κ1) is 18.4. The van der Waals surface area contributed by atoms with Gasteiger partial charge in [-0.05, 0) is 32.3 Å². The molecule has 0 fully saturated rings. The van der Waals surface area contributed by atoms with E-state index in [1.807, 2.05) is 24.6 Å². The van der Waals surface area contributed by atoms with Crippen LogP contribution in [0.3, 0.4) is 0 Å².